The number of amides is 1. The van der Waals surface area contributed by atoms with Crippen molar-refractivity contribution in [2.75, 3.05) is 5.32 Å². The summed E-state index contributed by atoms with van der Waals surface area (Å²) in [6, 6.07) is 13.4. The first-order valence-corrected chi connectivity index (χ1v) is 9.93. The maximum atomic E-state index is 13.3. The number of hydrogen-bond acceptors (Lipinski definition) is 2. The highest BCUT2D eigenvalue weighted by molar-refractivity contribution is 6.30. The third-order valence-corrected chi connectivity index (χ3v) is 5.21. The van der Waals surface area contributed by atoms with E-state index in [1.807, 2.05) is 0 Å². The second-order valence-corrected chi connectivity index (χ2v) is 7.63. The molecular weight excluding hydrogens is 446 g/mol. The molecule has 0 aliphatic carbocycles. The van der Waals surface area contributed by atoms with Crippen molar-refractivity contribution in [3.63, 3.8) is 0 Å². The Labute approximate surface area is 185 Å². The van der Waals surface area contributed by atoms with Crippen LogP contribution in [-0.2, 0) is 11.0 Å². The molecule has 1 N–H and O–H groups in total. The maximum Gasteiger partial charge on any atom is 0.416 e. The SMILES string of the molecule is O=C(CC(c1cccc(C(F)(F)F)c1)c1cnc2ccc(Cl)cn12)Nc1ccc(F)cc1. The van der Waals surface area contributed by atoms with Crippen LogP contribution >= 0.6 is 11.6 Å². The fourth-order valence-corrected chi connectivity index (χ4v) is 3.65. The normalized spacial score (nSPS) is 12.7. The Morgan fingerprint density at radius 3 is 2.56 bits per heavy atom. The summed E-state index contributed by atoms with van der Waals surface area (Å²) in [7, 11) is 0. The van der Waals surface area contributed by atoms with Gasteiger partial charge in [-0.2, -0.15) is 13.2 Å². The number of rotatable bonds is 5. The van der Waals surface area contributed by atoms with Crippen LogP contribution in [0.4, 0.5) is 23.2 Å². The first-order valence-electron chi connectivity index (χ1n) is 9.56. The zero-order chi connectivity index (χ0) is 22.9. The summed E-state index contributed by atoms with van der Waals surface area (Å²) in [6.07, 6.45) is -1.59. The minimum Gasteiger partial charge on any atom is -0.326 e. The number of carbonyl (C=O) groups excluding carboxylic acids is 1. The largest absolute Gasteiger partial charge is 0.416 e. The number of nitrogens with one attached hydrogen (secondary N) is 1. The molecule has 2 aromatic carbocycles. The Balaban J connectivity index is 1.73. The standard InChI is InChI=1S/C23H16ClF4N3O/c24-16-4-9-21-29-12-20(31(21)13-16)19(14-2-1-3-15(10-14)23(26,27)28)11-22(32)30-18-7-5-17(25)6-8-18/h1-10,12-13,19H,11H2,(H,30,32). The zero-order valence-corrected chi connectivity index (χ0v) is 17.2. The number of nitrogens with zero attached hydrogens (tertiary/aromatic N) is 2. The van der Waals surface area contributed by atoms with Gasteiger partial charge < -0.3 is 9.72 Å². The van der Waals surface area contributed by atoms with Crippen LogP contribution in [0.3, 0.4) is 0 Å². The number of pyridine rings is 1. The molecule has 1 unspecified atom stereocenters. The number of carbonyl (C=O) groups is 1. The van der Waals surface area contributed by atoms with Crippen molar-refractivity contribution in [2.24, 2.45) is 0 Å². The predicted octanol–water partition coefficient (Wildman–Crippen LogP) is 6.31. The van der Waals surface area contributed by atoms with Crippen molar-refractivity contribution in [1.29, 1.82) is 0 Å². The van der Waals surface area contributed by atoms with Gasteiger partial charge in [0.2, 0.25) is 5.91 Å². The van der Waals surface area contributed by atoms with Gasteiger partial charge >= 0.3 is 6.18 Å². The lowest BCUT2D eigenvalue weighted by molar-refractivity contribution is -0.137. The van der Waals surface area contributed by atoms with Gasteiger partial charge in [-0.05, 0) is 48.0 Å². The Hall–Kier alpha value is -3.39. The van der Waals surface area contributed by atoms with Gasteiger partial charge in [0.1, 0.15) is 11.5 Å². The van der Waals surface area contributed by atoms with E-state index < -0.39 is 29.4 Å². The van der Waals surface area contributed by atoms with E-state index in [4.69, 9.17) is 11.6 Å². The van der Waals surface area contributed by atoms with Crippen LogP contribution in [0, 0.1) is 5.82 Å². The van der Waals surface area contributed by atoms with Crippen LogP contribution in [0.15, 0.2) is 73.1 Å². The molecule has 0 fully saturated rings. The number of fused-ring (bicyclic) bond motifs is 1. The number of imidazole rings is 1. The van der Waals surface area contributed by atoms with Gasteiger partial charge in [0.15, 0.2) is 0 Å². The van der Waals surface area contributed by atoms with Crippen LogP contribution in [-0.4, -0.2) is 15.3 Å². The number of halogens is 5. The summed E-state index contributed by atoms with van der Waals surface area (Å²) in [6.45, 7) is 0. The Morgan fingerprint density at radius 1 is 1.09 bits per heavy atom. The molecule has 0 aliphatic heterocycles. The lowest BCUT2D eigenvalue weighted by Crippen LogP contribution is -2.18. The van der Waals surface area contributed by atoms with Crippen LogP contribution in [0.1, 0.15) is 29.2 Å². The number of benzene rings is 2. The summed E-state index contributed by atoms with van der Waals surface area (Å²) in [5.41, 5.74) is 0.915. The molecule has 0 spiro atoms. The second-order valence-electron chi connectivity index (χ2n) is 7.19. The van der Waals surface area contributed by atoms with Crippen molar-refractivity contribution in [1.82, 2.24) is 9.38 Å². The summed E-state index contributed by atoms with van der Waals surface area (Å²) >= 11 is 6.10. The van der Waals surface area contributed by atoms with Gasteiger partial charge in [-0.25, -0.2) is 9.37 Å². The number of anilines is 1. The average Bonchev–Trinajstić information content (AvgIpc) is 3.16. The first-order chi connectivity index (χ1) is 15.2. The molecule has 4 rings (SSSR count). The fraction of sp³-hybridized carbons (Fsp3) is 0.130. The molecule has 9 heteroatoms. The van der Waals surface area contributed by atoms with E-state index in [1.54, 1.807) is 22.7 Å². The van der Waals surface area contributed by atoms with Crippen LogP contribution in [0.2, 0.25) is 5.02 Å². The maximum absolute atomic E-state index is 13.3. The summed E-state index contributed by atoms with van der Waals surface area (Å²) < 4.78 is 54.7. The second kappa shape index (κ2) is 8.63. The highest BCUT2D eigenvalue weighted by Gasteiger charge is 2.32. The highest BCUT2D eigenvalue weighted by Crippen LogP contribution is 2.35. The van der Waals surface area contributed by atoms with Crippen LogP contribution in [0.25, 0.3) is 5.65 Å². The Kier molecular flexibility index (Phi) is 5.88. The van der Waals surface area contributed by atoms with Crippen molar-refractivity contribution in [3.8, 4) is 0 Å². The highest BCUT2D eigenvalue weighted by atomic mass is 35.5. The van der Waals surface area contributed by atoms with E-state index >= 15 is 0 Å². The number of aromatic nitrogens is 2. The Morgan fingerprint density at radius 2 is 1.84 bits per heavy atom. The van der Waals surface area contributed by atoms with Gasteiger partial charge in [0.25, 0.3) is 0 Å². The van der Waals surface area contributed by atoms with E-state index in [0.29, 0.717) is 27.6 Å². The van der Waals surface area contributed by atoms with Gasteiger partial charge in [-0.15, -0.1) is 0 Å². The lowest BCUT2D eigenvalue weighted by Gasteiger charge is -2.19. The molecule has 4 aromatic rings. The smallest absolute Gasteiger partial charge is 0.326 e. The van der Waals surface area contributed by atoms with Crippen LogP contribution < -0.4 is 5.32 Å². The molecule has 2 heterocycles. The minimum absolute atomic E-state index is 0.168. The van der Waals surface area contributed by atoms with Crippen molar-refractivity contribution in [2.45, 2.75) is 18.5 Å². The molecule has 164 valence electrons. The molecule has 1 amide bonds. The molecule has 0 aliphatic rings. The average molecular weight is 462 g/mol. The molecule has 0 saturated heterocycles. The van der Waals surface area contributed by atoms with Crippen molar-refractivity contribution >= 4 is 28.8 Å². The lowest BCUT2D eigenvalue weighted by atomic mass is 9.91. The quantitative estimate of drug-likeness (QED) is 0.354. The van der Waals surface area contributed by atoms with Gasteiger partial charge in [-0.1, -0.05) is 29.8 Å². The molecule has 0 saturated carbocycles. The van der Waals surface area contributed by atoms with E-state index in [1.165, 1.54) is 42.6 Å². The summed E-state index contributed by atoms with van der Waals surface area (Å²) in [5.74, 6) is -1.64. The third-order valence-electron chi connectivity index (χ3n) is 4.99. The van der Waals surface area contributed by atoms with E-state index in [0.717, 1.165) is 12.1 Å². The third kappa shape index (κ3) is 4.75. The molecule has 4 nitrogen and oxygen atoms in total. The van der Waals surface area contributed by atoms with Gasteiger partial charge in [-0.3, -0.25) is 4.79 Å². The summed E-state index contributed by atoms with van der Waals surface area (Å²) in [4.78, 5) is 17.1. The topological polar surface area (TPSA) is 46.4 Å². The molecule has 32 heavy (non-hydrogen) atoms. The fourth-order valence-electron chi connectivity index (χ4n) is 3.49. The monoisotopic (exact) mass is 461 g/mol. The minimum atomic E-state index is -4.53. The van der Waals surface area contributed by atoms with Gasteiger partial charge in [0, 0.05) is 30.4 Å². The molecular formula is C23H16ClF4N3O. The number of alkyl halides is 3. The predicted molar refractivity (Wildman–Crippen MR) is 113 cm³/mol. The zero-order valence-electron chi connectivity index (χ0n) is 16.4. The van der Waals surface area contributed by atoms with Crippen molar-refractivity contribution < 1.29 is 22.4 Å². The number of hydrogen-bond donors (Lipinski definition) is 1. The van der Waals surface area contributed by atoms with E-state index in [-0.39, 0.29) is 6.42 Å². The van der Waals surface area contributed by atoms with Crippen LogP contribution in [0.5, 0.6) is 0 Å². The molecule has 2 aromatic heterocycles. The van der Waals surface area contributed by atoms with E-state index in [2.05, 4.69) is 10.3 Å². The first kappa shape index (κ1) is 21.8. The van der Waals surface area contributed by atoms with E-state index in [9.17, 15) is 22.4 Å². The molecule has 0 radical (unpaired) electrons. The van der Waals surface area contributed by atoms with Crippen molar-refractivity contribution in [3.05, 3.63) is 101 Å². The van der Waals surface area contributed by atoms with Gasteiger partial charge in [0.05, 0.1) is 16.3 Å². The molecule has 1 atom stereocenters. The molecule has 0 bridgehead atoms. The Bertz CT molecular complexity index is 1270. The summed E-state index contributed by atoms with van der Waals surface area (Å²) in [5, 5.41) is 3.06.